The largest absolute Gasteiger partial charge is 0.480 e. The first-order chi connectivity index (χ1) is 11.5. The van der Waals surface area contributed by atoms with Gasteiger partial charge in [-0.15, -0.1) is 11.8 Å². The Kier molecular flexibility index (Phi) is 3.37. The molecule has 3 aliphatic heterocycles. The van der Waals surface area contributed by atoms with E-state index >= 15 is 0 Å². The molecule has 4 aliphatic rings. The molecule has 8 heteroatoms. The molecule has 2 N–H and O–H groups in total. The molecule has 0 aromatic heterocycles. The number of nitrogens with one attached hydrogen (secondary N) is 1. The van der Waals surface area contributed by atoms with Gasteiger partial charge in [0.1, 0.15) is 17.5 Å². The van der Waals surface area contributed by atoms with Gasteiger partial charge in [0.15, 0.2) is 0 Å². The maximum absolute atomic E-state index is 13.3. The van der Waals surface area contributed by atoms with Gasteiger partial charge in [-0.3, -0.25) is 14.9 Å². The second kappa shape index (κ2) is 4.91. The molecule has 0 bridgehead atoms. The normalized spacial score (nSPS) is 37.5. The van der Waals surface area contributed by atoms with Crippen molar-refractivity contribution >= 4 is 29.5 Å². The summed E-state index contributed by atoms with van der Waals surface area (Å²) in [5, 5.41) is 12.8. The quantitative estimate of drug-likeness (QED) is 0.707. The number of carbonyl (C=O) groups is 3. The van der Waals surface area contributed by atoms with E-state index in [4.69, 9.17) is 0 Å². The number of carbonyl (C=O) groups excluding carboxylic acids is 2. The number of hydrogen-bond donors (Lipinski definition) is 2. The van der Waals surface area contributed by atoms with Crippen LogP contribution in [0.4, 0.5) is 0 Å². The number of hydrogen-bond acceptors (Lipinski definition) is 5. The number of rotatable bonds is 2. The number of carboxylic acid groups (broad SMARTS) is 1. The molecule has 4 rings (SSSR count). The Labute approximate surface area is 151 Å². The molecule has 3 saturated heterocycles. The SMILES string of the molecule is CC1(C)SC2C(N3C(=O)C4(CCCC4)NC3(C)C)C(=O)N2C1C(=O)O. The maximum Gasteiger partial charge on any atom is 0.327 e. The lowest BCUT2D eigenvalue weighted by Gasteiger charge is -2.50. The number of aliphatic carboxylic acids is 1. The van der Waals surface area contributed by atoms with Gasteiger partial charge < -0.3 is 14.9 Å². The Morgan fingerprint density at radius 2 is 1.80 bits per heavy atom. The Morgan fingerprint density at radius 1 is 1.20 bits per heavy atom. The Balaban J connectivity index is 1.67. The fourth-order valence-electron chi connectivity index (χ4n) is 5.21. The van der Waals surface area contributed by atoms with Gasteiger partial charge in [0, 0.05) is 4.75 Å². The molecular weight excluding hydrogens is 342 g/mol. The van der Waals surface area contributed by atoms with E-state index in [1.54, 1.807) is 4.90 Å². The minimum Gasteiger partial charge on any atom is -0.480 e. The van der Waals surface area contributed by atoms with E-state index in [1.807, 2.05) is 27.7 Å². The second-order valence-electron chi connectivity index (χ2n) is 8.69. The summed E-state index contributed by atoms with van der Waals surface area (Å²) in [6, 6.07) is -1.43. The summed E-state index contributed by atoms with van der Waals surface area (Å²) in [5.74, 6) is -1.22. The van der Waals surface area contributed by atoms with Crippen molar-refractivity contribution in [3.05, 3.63) is 0 Å². The first-order valence-electron chi connectivity index (χ1n) is 8.88. The molecule has 2 amide bonds. The predicted octanol–water partition coefficient (Wildman–Crippen LogP) is 0.983. The fourth-order valence-corrected chi connectivity index (χ4v) is 6.88. The summed E-state index contributed by atoms with van der Waals surface area (Å²) in [6.45, 7) is 7.58. The minimum atomic E-state index is -0.982. The van der Waals surface area contributed by atoms with Gasteiger partial charge in [-0.2, -0.15) is 0 Å². The maximum atomic E-state index is 13.3. The Hall–Kier alpha value is -1.28. The van der Waals surface area contributed by atoms with Gasteiger partial charge in [-0.25, -0.2) is 4.79 Å². The molecule has 0 aromatic carbocycles. The monoisotopic (exact) mass is 367 g/mol. The summed E-state index contributed by atoms with van der Waals surface area (Å²) in [4.78, 5) is 41.0. The lowest BCUT2D eigenvalue weighted by Crippen LogP contribution is -2.73. The highest BCUT2D eigenvalue weighted by molar-refractivity contribution is 8.01. The summed E-state index contributed by atoms with van der Waals surface area (Å²) in [6.07, 6.45) is 3.63. The molecule has 7 nitrogen and oxygen atoms in total. The van der Waals surface area contributed by atoms with E-state index in [-0.39, 0.29) is 17.2 Å². The first kappa shape index (κ1) is 17.1. The molecule has 1 saturated carbocycles. The van der Waals surface area contributed by atoms with Crippen LogP contribution in [-0.4, -0.2) is 66.1 Å². The highest BCUT2D eigenvalue weighted by Gasteiger charge is 2.70. The highest BCUT2D eigenvalue weighted by atomic mass is 32.2. The number of β-lactam (4-membered cyclic amide) rings is 1. The van der Waals surface area contributed by atoms with Crippen LogP contribution in [0.2, 0.25) is 0 Å². The average molecular weight is 367 g/mol. The zero-order valence-corrected chi connectivity index (χ0v) is 15.9. The molecule has 138 valence electrons. The van der Waals surface area contributed by atoms with Crippen molar-refractivity contribution in [1.29, 1.82) is 0 Å². The topological polar surface area (TPSA) is 90.0 Å². The number of nitrogens with zero attached hydrogens (tertiary/aromatic N) is 2. The van der Waals surface area contributed by atoms with E-state index in [1.165, 1.54) is 16.7 Å². The molecule has 3 heterocycles. The van der Waals surface area contributed by atoms with Crippen molar-refractivity contribution in [2.75, 3.05) is 0 Å². The zero-order valence-electron chi connectivity index (χ0n) is 15.0. The number of amides is 2. The van der Waals surface area contributed by atoms with Crippen molar-refractivity contribution in [3.63, 3.8) is 0 Å². The van der Waals surface area contributed by atoms with Crippen LogP contribution < -0.4 is 5.32 Å². The zero-order chi connectivity index (χ0) is 18.4. The molecule has 1 spiro atoms. The van der Waals surface area contributed by atoms with Gasteiger partial charge in [0.2, 0.25) is 11.8 Å². The first-order valence-corrected chi connectivity index (χ1v) is 9.76. The summed E-state index contributed by atoms with van der Waals surface area (Å²) in [5.41, 5.74) is -1.16. The van der Waals surface area contributed by atoms with Crippen LogP contribution >= 0.6 is 11.8 Å². The van der Waals surface area contributed by atoms with Crippen molar-refractivity contribution in [2.45, 2.75) is 86.8 Å². The van der Waals surface area contributed by atoms with Crippen LogP contribution in [0.15, 0.2) is 0 Å². The number of fused-ring (bicyclic) bond motifs is 1. The highest BCUT2D eigenvalue weighted by Crippen LogP contribution is 2.54. The predicted molar refractivity (Wildman–Crippen MR) is 92.8 cm³/mol. The van der Waals surface area contributed by atoms with Crippen molar-refractivity contribution < 1.29 is 19.5 Å². The summed E-state index contributed by atoms with van der Waals surface area (Å²) < 4.78 is -0.577. The molecule has 3 unspecified atom stereocenters. The van der Waals surface area contributed by atoms with E-state index < -0.39 is 34.0 Å². The van der Waals surface area contributed by atoms with Crippen LogP contribution in [0, 0.1) is 0 Å². The average Bonchev–Trinajstić information content (AvgIpc) is 3.09. The molecule has 1 aliphatic carbocycles. The Bertz CT molecular complexity index is 671. The van der Waals surface area contributed by atoms with Crippen LogP contribution in [0.3, 0.4) is 0 Å². The minimum absolute atomic E-state index is 0.00480. The smallest absolute Gasteiger partial charge is 0.327 e. The standard InChI is InChI=1S/C17H25N3O4S/c1-15(2)10(13(22)23)19-11(21)9(12(19)25-15)20-14(24)17(7-5-6-8-17)18-16(20,3)4/h9-10,12,18H,5-8H2,1-4H3,(H,22,23). The Morgan fingerprint density at radius 3 is 2.36 bits per heavy atom. The molecule has 0 aromatic rings. The van der Waals surface area contributed by atoms with Gasteiger partial charge in [-0.05, 0) is 40.5 Å². The molecule has 3 atom stereocenters. The molecule has 25 heavy (non-hydrogen) atoms. The van der Waals surface area contributed by atoms with Gasteiger partial charge in [0.05, 0.1) is 11.2 Å². The van der Waals surface area contributed by atoms with Crippen molar-refractivity contribution in [3.8, 4) is 0 Å². The lowest BCUT2D eigenvalue weighted by atomic mass is 9.93. The number of thioether (sulfide) groups is 1. The third kappa shape index (κ3) is 2.07. The third-order valence-electron chi connectivity index (χ3n) is 6.16. The van der Waals surface area contributed by atoms with E-state index in [9.17, 15) is 19.5 Å². The summed E-state index contributed by atoms with van der Waals surface area (Å²) in [7, 11) is 0. The fraction of sp³-hybridized carbons (Fsp3) is 0.824. The molecule has 0 radical (unpaired) electrons. The number of carboxylic acids is 1. The van der Waals surface area contributed by atoms with Gasteiger partial charge in [0.25, 0.3) is 0 Å². The van der Waals surface area contributed by atoms with Crippen LogP contribution in [0.25, 0.3) is 0 Å². The van der Waals surface area contributed by atoms with Gasteiger partial charge in [-0.1, -0.05) is 12.8 Å². The van der Waals surface area contributed by atoms with Crippen LogP contribution in [0.5, 0.6) is 0 Å². The van der Waals surface area contributed by atoms with E-state index in [0.29, 0.717) is 0 Å². The van der Waals surface area contributed by atoms with Crippen LogP contribution in [0.1, 0.15) is 53.4 Å². The molecular formula is C17H25N3O4S. The summed E-state index contributed by atoms with van der Waals surface area (Å²) >= 11 is 1.49. The molecule has 4 fully saturated rings. The van der Waals surface area contributed by atoms with E-state index in [0.717, 1.165) is 25.7 Å². The van der Waals surface area contributed by atoms with Crippen molar-refractivity contribution in [2.24, 2.45) is 0 Å². The third-order valence-corrected chi connectivity index (χ3v) is 7.71. The van der Waals surface area contributed by atoms with Gasteiger partial charge >= 0.3 is 5.97 Å². The van der Waals surface area contributed by atoms with Crippen LogP contribution in [-0.2, 0) is 14.4 Å². The second-order valence-corrected chi connectivity index (χ2v) is 10.5. The lowest BCUT2D eigenvalue weighted by molar-refractivity contribution is -0.171. The van der Waals surface area contributed by atoms with Crippen molar-refractivity contribution in [1.82, 2.24) is 15.1 Å². The van der Waals surface area contributed by atoms with E-state index in [2.05, 4.69) is 5.32 Å².